The quantitative estimate of drug-likeness (QED) is 0.668. The summed E-state index contributed by atoms with van der Waals surface area (Å²) in [6, 6.07) is 1.61. The highest BCUT2D eigenvalue weighted by Gasteiger charge is 2.36. The smallest absolute Gasteiger partial charge is 0.420 e. The van der Waals surface area contributed by atoms with E-state index in [1.54, 1.807) is 0 Å². The van der Waals surface area contributed by atoms with Crippen molar-refractivity contribution in [2.24, 2.45) is 0 Å². The average molecular weight is 313 g/mol. The molecule has 92 valence electrons. The SMILES string of the molecule is O=C(O)/C=C/c1cc(F)c(C(F)(F)F)c(Br)c1. The van der Waals surface area contributed by atoms with E-state index in [0.29, 0.717) is 12.1 Å². The predicted molar refractivity (Wildman–Crippen MR) is 55.8 cm³/mol. The van der Waals surface area contributed by atoms with Gasteiger partial charge < -0.3 is 5.11 Å². The molecule has 0 bridgehead atoms. The van der Waals surface area contributed by atoms with Crippen LogP contribution in [0.1, 0.15) is 11.1 Å². The fourth-order valence-electron chi connectivity index (χ4n) is 1.13. The van der Waals surface area contributed by atoms with Crippen molar-refractivity contribution in [1.82, 2.24) is 0 Å². The number of halogens is 5. The highest BCUT2D eigenvalue weighted by molar-refractivity contribution is 9.10. The molecule has 2 nitrogen and oxygen atoms in total. The van der Waals surface area contributed by atoms with E-state index in [4.69, 9.17) is 5.11 Å². The molecule has 0 saturated heterocycles. The molecule has 1 N–H and O–H groups in total. The van der Waals surface area contributed by atoms with Crippen molar-refractivity contribution in [3.05, 3.63) is 39.6 Å². The molecule has 17 heavy (non-hydrogen) atoms. The van der Waals surface area contributed by atoms with Gasteiger partial charge in [0.1, 0.15) is 11.4 Å². The molecule has 7 heteroatoms. The van der Waals surface area contributed by atoms with Crippen LogP contribution in [-0.4, -0.2) is 11.1 Å². The second kappa shape index (κ2) is 4.87. The zero-order valence-corrected chi connectivity index (χ0v) is 9.64. The van der Waals surface area contributed by atoms with Crippen LogP contribution in [0.2, 0.25) is 0 Å². The molecule has 0 unspecified atom stereocenters. The molecule has 0 aromatic heterocycles. The Morgan fingerprint density at radius 2 is 1.94 bits per heavy atom. The van der Waals surface area contributed by atoms with Crippen LogP contribution in [0.15, 0.2) is 22.7 Å². The van der Waals surface area contributed by atoms with Gasteiger partial charge in [0.2, 0.25) is 0 Å². The summed E-state index contributed by atoms with van der Waals surface area (Å²) in [4.78, 5) is 10.2. The normalized spacial score (nSPS) is 12.1. The van der Waals surface area contributed by atoms with Crippen molar-refractivity contribution < 1.29 is 27.5 Å². The Kier molecular flexibility index (Phi) is 3.92. The van der Waals surface area contributed by atoms with Crippen LogP contribution >= 0.6 is 15.9 Å². The lowest BCUT2D eigenvalue weighted by atomic mass is 10.1. The van der Waals surface area contributed by atoms with Crippen molar-refractivity contribution in [3.8, 4) is 0 Å². The van der Waals surface area contributed by atoms with Crippen LogP contribution in [-0.2, 0) is 11.0 Å². The first kappa shape index (κ1) is 13.7. The molecule has 0 saturated carbocycles. The molecular weight excluding hydrogens is 308 g/mol. The van der Waals surface area contributed by atoms with Gasteiger partial charge in [0, 0.05) is 10.5 Å². The number of aliphatic carboxylic acids is 1. The topological polar surface area (TPSA) is 37.3 Å². The fraction of sp³-hybridized carbons (Fsp3) is 0.100. The van der Waals surface area contributed by atoms with E-state index in [0.717, 1.165) is 12.1 Å². The Morgan fingerprint density at radius 1 is 1.35 bits per heavy atom. The summed E-state index contributed by atoms with van der Waals surface area (Å²) in [5.41, 5.74) is -1.39. The number of benzene rings is 1. The summed E-state index contributed by atoms with van der Waals surface area (Å²) in [7, 11) is 0. The van der Waals surface area contributed by atoms with Crippen LogP contribution in [0.25, 0.3) is 6.08 Å². The molecule has 0 radical (unpaired) electrons. The molecule has 0 fully saturated rings. The molecule has 0 heterocycles. The Hall–Kier alpha value is -1.37. The molecule has 1 rings (SSSR count). The Morgan fingerprint density at radius 3 is 2.35 bits per heavy atom. The maximum atomic E-state index is 13.2. The van der Waals surface area contributed by atoms with Crippen molar-refractivity contribution >= 4 is 28.0 Å². The molecular formula is C10H5BrF4O2. The Labute approximate surface area is 102 Å². The minimum atomic E-state index is -4.81. The number of carboxylic acids is 1. The second-order valence-electron chi connectivity index (χ2n) is 3.03. The molecule has 0 aliphatic heterocycles. The first-order valence-corrected chi connectivity index (χ1v) is 4.98. The summed E-state index contributed by atoms with van der Waals surface area (Å²) in [5, 5.41) is 8.32. The van der Waals surface area contributed by atoms with Crippen LogP contribution in [0.4, 0.5) is 17.6 Å². The van der Waals surface area contributed by atoms with E-state index < -0.39 is 28.0 Å². The molecule has 1 aromatic rings. The van der Waals surface area contributed by atoms with Crippen LogP contribution in [0, 0.1) is 5.82 Å². The summed E-state index contributed by atoms with van der Waals surface area (Å²) in [6.45, 7) is 0. The van der Waals surface area contributed by atoms with E-state index in [9.17, 15) is 22.4 Å². The average Bonchev–Trinajstić information content (AvgIpc) is 2.11. The van der Waals surface area contributed by atoms with Crippen LogP contribution in [0.3, 0.4) is 0 Å². The standard InChI is InChI=1S/C10H5BrF4O2/c11-6-3-5(1-2-8(16)17)4-7(12)9(6)10(13,14)15/h1-4H,(H,16,17)/b2-1+. The molecule has 0 aliphatic carbocycles. The van der Waals surface area contributed by atoms with Gasteiger partial charge in [-0.15, -0.1) is 0 Å². The number of rotatable bonds is 2. The van der Waals surface area contributed by atoms with Gasteiger partial charge in [-0.1, -0.05) is 15.9 Å². The fourth-order valence-corrected chi connectivity index (χ4v) is 1.81. The third kappa shape index (κ3) is 3.55. The monoisotopic (exact) mass is 312 g/mol. The highest BCUT2D eigenvalue weighted by Crippen LogP contribution is 2.37. The number of carbonyl (C=O) groups is 1. The summed E-state index contributed by atoms with van der Waals surface area (Å²) in [6.07, 6.45) is -3.11. The van der Waals surface area contributed by atoms with Crippen molar-refractivity contribution in [2.75, 3.05) is 0 Å². The number of carboxylic acid groups (broad SMARTS) is 1. The third-order valence-electron chi connectivity index (χ3n) is 1.77. The molecule has 1 aromatic carbocycles. The van der Waals surface area contributed by atoms with Crippen LogP contribution < -0.4 is 0 Å². The van der Waals surface area contributed by atoms with Gasteiger partial charge in [-0.05, 0) is 23.8 Å². The van der Waals surface area contributed by atoms with Crippen molar-refractivity contribution in [2.45, 2.75) is 6.18 Å². The lowest BCUT2D eigenvalue weighted by molar-refractivity contribution is -0.140. The number of hydrogen-bond donors (Lipinski definition) is 1. The second-order valence-corrected chi connectivity index (χ2v) is 3.88. The summed E-state index contributed by atoms with van der Waals surface area (Å²) < 4.78 is 49.8. The zero-order valence-electron chi connectivity index (χ0n) is 8.05. The predicted octanol–water partition coefficient (Wildman–Crippen LogP) is 3.70. The molecule has 0 aliphatic rings. The third-order valence-corrected chi connectivity index (χ3v) is 2.39. The van der Waals surface area contributed by atoms with Gasteiger partial charge in [-0.2, -0.15) is 13.2 Å². The van der Waals surface area contributed by atoms with E-state index >= 15 is 0 Å². The van der Waals surface area contributed by atoms with Gasteiger partial charge in [-0.3, -0.25) is 0 Å². The van der Waals surface area contributed by atoms with E-state index in [-0.39, 0.29) is 5.56 Å². The van der Waals surface area contributed by atoms with E-state index in [2.05, 4.69) is 15.9 Å². The van der Waals surface area contributed by atoms with Crippen LogP contribution in [0.5, 0.6) is 0 Å². The highest BCUT2D eigenvalue weighted by atomic mass is 79.9. The lowest BCUT2D eigenvalue weighted by Gasteiger charge is -2.10. The van der Waals surface area contributed by atoms with Gasteiger partial charge >= 0.3 is 12.1 Å². The van der Waals surface area contributed by atoms with E-state index in [1.165, 1.54) is 0 Å². The van der Waals surface area contributed by atoms with Crippen molar-refractivity contribution in [3.63, 3.8) is 0 Å². The molecule has 0 atom stereocenters. The maximum absolute atomic E-state index is 13.2. The minimum Gasteiger partial charge on any atom is -0.478 e. The summed E-state index contributed by atoms with van der Waals surface area (Å²) in [5.74, 6) is -2.74. The largest absolute Gasteiger partial charge is 0.478 e. The van der Waals surface area contributed by atoms with E-state index in [1.807, 2.05) is 0 Å². The van der Waals surface area contributed by atoms with Gasteiger partial charge in [0.05, 0.1) is 0 Å². The molecule has 0 spiro atoms. The number of alkyl halides is 3. The first-order valence-electron chi connectivity index (χ1n) is 4.19. The summed E-state index contributed by atoms with van der Waals surface area (Å²) >= 11 is 2.60. The zero-order chi connectivity index (χ0) is 13.2. The number of hydrogen-bond acceptors (Lipinski definition) is 1. The maximum Gasteiger partial charge on any atom is 0.420 e. The van der Waals surface area contributed by atoms with Gasteiger partial charge in [-0.25, -0.2) is 9.18 Å². The lowest BCUT2D eigenvalue weighted by Crippen LogP contribution is -2.09. The first-order chi connectivity index (χ1) is 7.71. The Bertz CT molecular complexity index is 457. The van der Waals surface area contributed by atoms with Crippen molar-refractivity contribution in [1.29, 1.82) is 0 Å². The minimum absolute atomic E-state index is 0.0183. The Balaban J connectivity index is 3.23. The van der Waals surface area contributed by atoms with Gasteiger partial charge in [0.25, 0.3) is 0 Å². The molecule has 0 amide bonds. The van der Waals surface area contributed by atoms with Gasteiger partial charge in [0.15, 0.2) is 0 Å².